The third kappa shape index (κ3) is 3.75. The molecule has 1 fully saturated rings. The maximum atomic E-state index is 11.6. The van der Waals surface area contributed by atoms with E-state index in [2.05, 4.69) is 5.48 Å². The number of hydrogen-bond acceptors (Lipinski definition) is 3. The number of anilines is 1. The molecule has 1 saturated carbocycles. The average molecular weight is 234 g/mol. The van der Waals surface area contributed by atoms with Crippen molar-refractivity contribution in [2.75, 3.05) is 5.73 Å². The summed E-state index contributed by atoms with van der Waals surface area (Å²) in [4.78, 5) is 16.9. The average Bonchev–Trinajstić information content (AvgIpc) is 2.83. The van der Waals surface area contributed by atoms with Crippen molar-refractivity contribution in [1.82, 2.24) is 5.48 Å². The van der Waals surface area contributed by atoms with Gasteiger partial charge in [0.05, 0.1) is 12.5 Å². The summed E-state index contributed by atoms with van der Waals surface area (Å²) in [5.41, 5.74) is 9.73. The molecule has 1 aromatic carbocycles. The molecule has 1 amide bonds. The molecule has 92 valence electrons. The van der Waals surface area contributed by atoms with Crippen LogP contribution < -0.4 is 11.2 Å². The van der Waals surface area contributed by atoms with Crippen molar-refractivity contribution in [2.45, 2.75) is 38.2 Å². The minimum absolute atomic E-state index is 0.110. The molecule has 0 unspecified atom stereocenters. The van der Waals surface area contributed by atoms with Crippen LogP contribution in [0.1, 0.15) is 31.2 Å². The van der Waals surface area contributed by atoms with Gasteiger partial charge in [0, 0.05) is 5.69 Å². The Morgan fingerprint density at radius 1 is 1.29 bits per heavy atom. The Bertz CT molecular complexity index is 370. The van der Waals surface area contributed by atoms with Crippen LogP contribution in [-0.2, 0) is 16.1 Å². The van der Waals surface area contributed by atoms with Crippen LogP contribution in [0.3, 0.4) is 0 Å². The van der Waals surface area contributed by atoms with Crippen LogP contribution >= 0.6 is 0 Å². The van der Waals surface area contributed by atoms with Gasteiger partial charge < -0.3 is 5.73 Å². The molecule has 3 N–H and O–H groups in total. The van der Waals surface area contributed by atoms with Crippen molar-refractivity contribution >= 4 is 11.6 Å². The first-order valence-corrected chi connectivity index (χ1v) is 6.03. The molecule has 17 heavy (non-hydrogen) atoms. The largest absolute Gasteiger partial charge is 0.399 e. The normalized spacial score (nSPS) is 16.0. The molecule has 0 aromatic heterocycles. The van der Waals surface area contributed by atoms with Gasteiger partial charge in [-0.2, -0.15) is 0 Å². The standard InChI is InChI=1S/C13H18N2O2/c14-11-7-5-10(6-8-11)9-13(16)15-17-12-3-1-2-4-12/h5-8,12H,1-4,9,14H2,(H,15,16). The predicted octanol–water partition coefficient (Wildman–Crippen LogP) is 1.80. The van der Waals surface area contributed by atoms with Gasteiger partial charge in [-0.25, -0.2) is 5.48 Å². The molecule has 1 aliphatic carbocycles. The lowest BCUT2D eigenvalue weighted by atomic mass is 10.1. The lowest BCUT2D eigenvalue weighted by molar-refractivity contribution is -0.137. The van der Waals surface area contributed by atoms with Gasteiger partial charge in [-0.15, -0.1) is 0 Å². The minimum atomic E-state index is -0.110. The zero-order chi connectivity index (χ0) is 12.1. The molecule has 0 spiro atoms. The highest BCUT2D eigenvalue weighted by molar-refractivity contribution is 5.77. The maximum absolute atomic E-state index is 11.6. The number of nitrogens with one attached hydrogen (secondary N) is 1. The molecular weight excluding hydrogens is 216 g/mol. The summed E-state index contributed by atoms with van der Waals surface area (Å²) in [6.45, 7) is 0. The Labute approximate surface area is 101 Å². The number of nitrogen functional groups attached to an aromatic ring is 1. The summed E-state index contributed by atoms with van der Waals surface area (Å²) >= 11 is 0. The Morgan fingerprint density at radius 3 is 2.59 bits per heavy atom. The van der Waals surface area contributed by atoms with Crippen LogP contribution in [-0.4, -0.2) is 12.0 Å². The molecule has 0 atom stereocenters. The molecule has 0 heterocycles. The first kappa shape index (κ1) is 11.9. The summed E-state index contributed by atoms with van der Waals surface area (Å²) in [6.07, 6.45) is 5.00. The zero-order valence-electron chi connectivity index (χ0n) is 9.82. The lowest BCUT2D eigenvalue weighted by Crippen LogP contribution is -2.29. The summed E-state index contributed by atoms with van der Waals surface area (Å²) in [5, 5.41) is 0. The van der Waals surface area contributed by atoms with E-state index in [4.69, 9.17) is 10.6 Å². The summed E-state index contributed by atoms with van der Waals surface area (Å²) < 4.78 is 0. The molecular formula is C13H18N2O2. The van der Waals surface area contributed by atoms with Crippen molar-refractivity contribution in [3.8, 4) is 0 Å². The number of amides is 1. The van der Waals surface area contributed by atoms with Gasteiger partial charge in [-0.1, -0.05) is 25.0 Å². The van der Waals surface area contributed by atoms with Crippen molar-refractivity contribution in [1.29, 1.82) is 0 Å². The summed E-state index contributed by atoms with van der Waals surface area (Å²) in [5.74, 6) is -0.110. The number of hydroxylamine groups is 1. The van der Waals surface area contributed by atoms with E-state index in [1.165, 1.54) is 12.8 Å². The number of hydrogen-bond donors (Lipinski definition) is 2. The maximum Gasteiger partial charge on any atom is 0.247 e. The Hall–Kier alpha value is -1.55. The minimum Gasteiger partial charge on any atom is -0.399 e. The molecule has 4 heteroatoms. The zero-order valence-corrected chi connectivity index (χ0v) is 9.82. The smallest absolute Gasteiger partial charge is 0.247 e. The fraction of sp³-hybridized carbons (Fsp3) is 0.462. The van der Waals surface area contributed by atoms with Gasteiger partial charge >= 0.3 is 0 Å². The number of rotatable bonds is 4. The highest BCUT2D eigenvalue weighted by Gasteiger charge is 2.16. The van der Waals surface area contributed by atoms with E-state index < -0.39 is 0 Å². The van der Waals surface area contributed by atoms with Crippen LogP contribution in [0, 0.1) is 0 Å². The molecule has 1 aliphatic rings. The Balaban J connectivity index is 1.74. The first-order chi connectivity index (χ1) is 8.24. The highest BCUT2D eigenvalue weighted by atomic mass is 16.7. The number of carbonyl (C=O) groups excluding carboxylic acids is 1. The Kier molecular flexibility index (Phi) is 3.98. The lowest BCUT2D eigenvalue weighted by Gasteiger charge is -2.11. The van der Waals surface area contributed by atoms with Crippen LogP contribution in [0.5, 0.6) is 0 Å². The quantitative estimate of drug-likeness (QED) is 0.616. The van der Waals surface area contributed by atoms with Gasteiger partial charge in [0.25, 0.3) is 0 Å². The fourth-order valence-corrected chi connectivity index (χ4v) is 2.01. The summed E-state index contributed by atoms with van der Waals surface area (Å²) in [7, 11) is 0. The third-order valence-electron chi connectivity index (χ3n) is 2.99. The highest BCUT2D eigenvalue weighted by Crippen LogP contribution is 2.19. The van der Waals surface area contributed by atoms with E-state index in [0.29, 0.717) is 12.1 Å². The van der Waals surface area contributed by atoms with E-state index in [9.17, 15) is 4.79 Å². The van der Waals surface area contributed by atoms with E-state index in [1.54, 1.807) is 12.1 Å². The van der Waals surface area contributed by atoms with Crippen molar-refractivity contribution in [2.24, 2.45) is 0 Å². The molecule has 0 radical (unpaired) electrons. The van der Waals surface area contributed by atoms with Crippen LogP contribution in [0.4, 0.5) is 5.69 Å². The van der Waals surface area contributed by atoms with Gasteiger partial charge in [0.15, 0.2) is 0 Å². The van der Waals surface area contributed by atoms with Gasteiger partial charge in [-0.3, -0.25) is 9.63 Å². The molecule has 0 aliphatic heterocycles. The number of nitrogens with two attached hydrogens (primary N) is 1. The second-order valence-corrected chi connectivity index (χ2v) is 4.47. The van der Waals surface area contributed by atoms with E-state index in [0.717, 1.165) is 18.4 Å². The molecule has 1 aromatic rings. The number of carbonyl (C=O) groups is 1. The van der Waals surface area contributed by atoms with Crippen molar-refractivity contribution in [3.05, 3.63) is 29.8 Å². The monoisotopic (exact) mass is 234 g/mol. The SMILES string of the molecule is Nc1ccc(CC(=O)NOC2CCCC2)cc1. The molecule has 4 nitrogen and oxygen atoms in total. The van der Waals surface area contributed by atoms with Crippen LogP contribution in [0.25, 0.3) is 0 Å². The molecule has 2 rings (SSSR count). The fourth-order valence-electron chi connectivity index (χ4n) is 2.01. The predicted molar refractivity (Wildman–Crippen MR) is 66.0 cm³/mol. The second-order valence-electron chi connectivity index (χ2n) is 4.47. The molecule has 0 bridgehead atoms. The number of benzene rings is 1. The first-order valence-electron chi connectivity index (χ1n) is 6.03. The third-order valence-corrected chi connectivity index (χ3v) is 2.99. The van der Waals surface area contributed by atoms with E-state index in [1.807, 2.05) is 12.1 Å². The Morgan fingerprint density at radius 2 is 1.94 bits per heavy atom. The van der Waals surface area contributed by atoms with Gasteiger partial charge in [-0.05, 0) is 30.5 Å². The van der Waals surface area contributed by atoms with E-state index >= 15 is 0 Å². The van der Waals surface area contributed by atoms with Gasteiger partial charge in [0.2, 0.25) is 5.91 Å². The van der Waals surface area contributed by atoms with Crippen LogP contribution in [0.15, 0.2) is 24.3 Å². The summed E-state index contributed by atoms with van der Waals surface area (Å²) in [6, 6.07) is 7.29. The second kappa shape index (κ2) is 5.68. The topological polar surface area (TPSA) is 64.4 Å². The van der Waals surface area contributed by atoms with E-state index in [-0.39, 0.29) is 12.0 Å². The van der Waals surface area contributed by atoms with Crippen LogP contribution in [0.2, 0.25) is 0 Å². The van der Waals surface area contributed by atoms with Crippen molar-refractivity contribution < 1.29 is 9.63 Å². The molecule has 0 saturated heterocycles. The van der Waals surface area contributed by atoms with Crippen molar-refractivity contribution in [3.63, 3.8) is 0 Å². The van der Waals surface area contributed by atoms with Gasteiger partial charge in [0.1, 0.15) is 0 Å².